The van der Waals surface area contributed by atoms with Crippen molar-refractivity contribution in [2.45, 2.75) is 50.0 Å². The molecule has 0 aliphatic rings. The van der Waals surface area contributed by atoms with Gasteiger partial charge in [-0.2, -0.15) is 0 Å². The molecule has 0 aromatic carbocycles. The SMILES string of the molecule is C.C.C.C.CCC.O=CC=CC=C/C=C\[O-].O=CC=CC=C/C=C\[O-]. The fourth-order valence-corrected chi connectivity index (χ4v) is 0.566. The Hall–Kier alpha value is -2.62. The third-order valence-electron chi connectivity index (χ3n) is 1.20. The molecule has 0 spiro atoms. The van der Waals surface area contributed by atoms with E-state index >= 15 is 0 Å². The quantitative estimate of drug-likeness (QED) is 0.308. The minimum atomic E-state index is 0. The van der Waals surface area contributed by atoms with Crippen LogP contribution in [0, 0.1) is 0 Å². The van der Waals surface area contributed by atoms with Crippen LogP contribution in [0.1, 0.15) is 50.0 Å². The predicted octanol–water partition coefficient (Wildman–Crippen LogP) is 4.30. The van der Waals surface area contributed by atoms with Gasteiger partial charge in [-0.05, 0) is 12.2 Å². The van der Waals surface area contributed by atoms with Gasteiger partial charge in [0.25, 0.3) is 0 Å². The van der Waals surface area contributed by atoms with Crippen LogP contribution >= 0.6 is 0 Å². The third-order valence-corrected chi connectivity index (χ3v) is 1.20. The summed E-state index contributed by atoms with van der Waals surface area (Å²) in [6, 6.07) is 0. The first kappa shape index (κ1) is 43.2. The van der Waals surface area contributed by atoms with Crippen molar-refractivity contribution < 1.29 is 19.8 Å². The lowest BCUT2D eigenvalue weighted by Crippen LogP contribution is -1.81. The van der Waals surface area contributed by atoms with E-state index in [1.807, 2.05) is 0 Å². The average Bonchev–Trinajstić information content (AvgIpc) is 2.49. The Balaban J connectivity index is -0.0000000393. The summed E-state index contributed by atoms with van der Waals surface area (Å²) in [5.41, 5.74) is 0. The zero-order valence-corrected chi connectivity index (χ0v) is 12.4. The van der Waals surface area contributed by atoms with Gasteiger partial charge in [0, 0.05) is 0 Å². The molecule has 0 heterocycles. The first-order valence-corrected chi connectivity index (χ1v) is 6.36. The van der Waals surface area contributed by atoms with Gasteiger partial charge in [0.05, 0.1) is 0 Å². The van der Waals surface area contributed by atoms with Crippen molar-refractivity contribution in [3.63, 3.8) is 0 Å². The number of aldehydes is 2. The van der Waals surface area contributed by atoms with Crippen molar-refractivity contribution in [1.29, 1.82) is 0 Å². The molecule has 0 fully saturated rings. The predicted molar refractivity (Wildman–Crippen MR) is 110 cm³/mol. The number of rotatable bonds is 6. The summed E-state index contributed by atoms with van der Waals surface area (Å²) in [7, 11) is 0. The standard InChI is InChI=1S/2C7H8O2.C3H8.4CH4/c2*8-6-4-2-1-3-5-7-9;1-3-2;;;;/h2*1-8H;3H2,1-2H3;4*1H4/p-2/b2*2-1?,5-3?,6-4-;;;;;. The smallest absolute Gasteiger partial charge is 0.142 e. The van der Waals surface area contributed by atoms with Crippen LogP contribution in [0.4, 0.5) is 0 Å². The highest BCUT2D eigenvalue weighted by atomic mass is 16.2. The summed E-state index contributed by atoms with van der Waals surface area (Å²) in [5, 5.41) is 19.3. The third kappa shape index (κ3) is 91.3. The molecule has 0 aliphatic carbocycles. The topological polar surface area (TPSA) is 80.3 Å². The van der Waals surface area contributed by atoms with Gasteiger partial charge in [-0.15, -0.1) is 12.5 Å². The van der Waals surface area contributed by atoms with Crippen molar-refractivity contribution in [3.8, 4) is 0 Å². The summed E-state index contributed by atoms with van der Waals surface area (Å²) in [5.74, 6) is 0. The molecule has 0 aromatic rings. The lowest BCUT2D eigenvalue weighted by molar-refractivity contribution is -0.275. The van der Waals surface area contributed by atoms with Crippen molar-refractivity contribution in [2.75, 3.05) is 0 Å². The van der Waals surface area contributed by atoms with Gasteiger partial charge in [-0.1, -0.05) is 98.6 Å². The molecule has 0 unspecified atom stereocenters. The molecule has 0 atom stereocenters. The zero-order valence-electron chi connectivity index (χ0n) is 12.4. The monoisotopic (exact) mass is 354 g/mol. The number of hydrogen-bond acceptors (Lipinski definition) is 4. The van der Waals surface area contributed by atoms with Crippen LogP contribution in [0.15, 0.2) is 73.3 Å². The highest BCUT2D eigenvalue weighted by Gasteiger charge is 1.59. The number of hydrogen-bond donors (Lipinski definition) is 0. The number of allylic oxidation sites excluding steroid dienone is 10. The molecule has 0 amide bonds. The van der Waals surface area contributed by atoms with Crippen LogP contribution in [0.3, 0.4) is 0 Å². The van der Waals surface area contributed by atoms with Gasteiger partial charge >= 0.3 is 0 Å². The maximum absolute atomic E-state index is 9.64. The van der Waals surface area contributed by atoms with E-state index in [4.69, 9.17) is 0 Å². The zero-order chi connectivity index (χ0) is 16.6. The molecule has 4 nitrogen and oxygen atoms in total. The van der Waals surface area contributed by atoms with E-state index in [0.29, 0.717) is 25.1 Å². The molecule has 0 aliphatic heterocycles. The first-order chi connectivity index (χ1) is 10.2. The molecule has 4 heteroatoms. The lowest BCUT2D eigenvalue weighted by Gasteiger charge is -1.80. The number of carbonyl (C=O) groups excluding carboxylic acids is 2. The van der Waals surface area contributed by atoms with Crippen molar-refractivity contribution in [3.05, 3.63) is 73.3 Å². The highest BCUT2D eigenvalue weighted by molar-refractivity contribution is 5.65. The largest absolute Gasteiger partial charge is 0.878 e. The van der Waals surface area contributed by atoms with Gasteiger partial charge in [0.2, 0.25) is 0 Å². The minimum Gasteiger partial charge on any atom is -0.878 e. The Morgan fingerprint density at radius 3 is 0.920 bits per heavy atom. The molecule has 0 bridgehead atoms. The molecule has 0 N–H and O–H groups in total. The Kier molecular flexibility index (Phi) is 100. The van der Waals surface area contributed by atoms with E-state index in [1.54, 1.807) is 36.5 Å². The average molecular weight is 355 g/mol. The molecule has 25 heavy (non-hydrogen) atoms. The van der Waals surface area contributed by atoms with Crippen molar-refractivity contribution in [2.24, 2.45) is 0 Å². The summed E-state index contributed by atoms with van der Waals surface area (Å²) >= 11 is 0. The molecule has 0 saturated carbocycles. The van der Waals surface area contributed by atoms with Crippen LogP contribution in [0.25, 0.3) is 0 Å². The second-order valence-electron chi connectivity index (χ2n) is 3.18. The second kappa shape index (κ2) is 57.9. The van der Waals surface area contributed by atoms with Crippen molar-refractivity contribution >= 4 is 12.6 Å². The highest BCUT2D eigenvalue weighted by Crippen LogP contribution is 1.75. The fourth-order valence-electron chi connectivity index (χ4n) is 0.566. The van der Waals surface area contributed by atoms with Gasteiger partial charge in [-0.25, -0.2) is 0 Å². The molecule has 0 radical (unpaired) electrons. The van der Waals surface area contributed by atoms with Gasteiger partial charge in [0.15, 0.2) is 0 Å². The first-order valence-electron chi connectivity index (χ1n) is 6.36. The van der Waals surface area contributed by atoms with Gasteiger partial charge in [0.1, 0.15) is 12.6 Å². The van der Waals surface area contributed by atoms with Gasteiger partial charge < -0.3 is 10.2 Å². The van der Waals surface area contributed by atoms with Crippen LogP contribution < -0.4 is 10.2 Å². The normalized spacial score (nSPS) is 9.36. The van der Waals surface area contributed by atoms with Crippen LogP contribution in [-0.4, -0.2) is 12.6 Å². The Morgan fingerprint density at radius 2 is 0.720 bits per heavy atom. The molecular weight excluding hydrogens is 316 g/mol. The van der Waals surface area contributed by atoms with E-state index in [9.17, 15) is 19.8 Å². The van der Waals surface area contributed by atoms with Gasteiger partial charge in [-0.3, -0.25) is 9.59 Å². The minimum absolute atomic E-state index is 0. The summed E-state index contributed by atoms with van der Waals surface area (Å²) < 4.78 is 0. The van der Waals surface area contributed by atoms with E-state index < -0.39 is 0 Å². The lowest BCUT2D eigenvalue weighted by atomic mass is 10.4. The molecule has 148 valence electrons. The molecule has 0 aromatic heterocycles. The summed E-state index contributed by atoms with van der Waals surface area (Å²) in [6.07, 6.45) is 18.7. The molecule has 0 saturated heterocycles. The van der Waals surface area contributed by atoms with E-state index in [0.717, 1.165) is 0 Å². The fraction of sp³-hybridized carbons (Fsp3) is 0.333. The van der Waals surface area contributed by atoms with E-state index in [1.165, 1.54) is 30.7 Å². The van der Waals surface area contributed by atoms with Crippen molar-refractivity contribution in [1.82, 2.24) is 0 Å². The maximum atomic E-state index is 9.64. The van der Waals surface area contributed by atoms with Crippen LogP contribution in [0.2, 0.25) is 0 Å². The Labute approximate surface area is 156 Å². The Bertz CT molecular complexity index is 337. The van der Waals surface area contributed by atoms with Crippen LogP contribution in [0.5, 0.6) is 0 Å². The number of carbonyl (C=O) groups is 2. The second-order valence-corrected chi connectivity index (χ2v) is 3.18. The summed E-state index contributed by atoms with van der Waals surface area (Å²) in [4.78, 5) is 19.3. The summed E-state index contributed by atoms with van der Waals surface area (Å²) in [6.45, 7) is 4.25. The van der Waals surface area contributed by atoms with E-state index in [-0.39, 0.29) is 29.7 Å². The molecule has 0 rings (SSSR count). The molecular formula is C21H38O4-2. The Morgan fingerprint density at radius 1 is 0.520 bits per heavy atom. The van der Waals surface area contributed by atoms with E-state index in [2.05, 4.69) is 13.8 Å². The maximum Gasteiger partial charge on any atom is 0.142 e. The van der Waals surface area contributed by atoms with Crippen LogP contribution in [-0.2, 0) is 9.59 Å².